The molecule has 0 radical (unpaired) electrons. The number of nitrogens with one attached hydrogen (secondary N) is 1. The molecule has 1 unspecified atom stereocenters. The van der Waals surface area contributed by atoms with E-state index in [1.807, 2.05) is 0 Å². The molecule has 0 bridgehead atoms. The number of benzene rings is 1. The molecule has 0 aliphatic heterocycles. The molecule has 7 heteroatoms. The van der Waals surface area contributed by atoms with E-state index in [1.165, 1.54) is 23.9 Å². The maximum absolute atomic E-state index is 12.6. The van der Waals surface area contributed by atoms with Crippen LogP contribution >= 0.6 is 11.8 Å². The van der Waals surface area contributed by atoms with Crippen molar-refractivity contribution in [3.8, 4) is 0 Å². The van der Waals surface area contributed by atoms with E-state index >= 15 is 0 Å². The van der Waals surface area contributed by atoms with Crippen molar-refractivity contribution in [2.24, 2.45) is 0 Å². The molecule has 0 saturated carbocycles. The first kappa shape index (κ1) is 15.8. The quantitative estimate of drug-likeness (QED) is 0.806. The molecule has 0 saturated heterocycles. The van der Waals surface area contributed by atoms with Gasteiger partial charge in [0.25, 0.3) is 6.43 Å². The van der Waals surface area contributed by atoms with Crippen molar-refractivity contribution in [2.75, 3.05) is 12.3 Å². The number of amides is 1. The van der Waals surface area contributed by atoms with Gasteiger partial charge in [-0.3, -0.25) is 4.79 Å². The molecule has 1 atom stereocenters. The molecule has 1 aromatic rings. The molecule has 0 heterocycles. The summed E-state index contributed by atoms with van der Waals surface area (Å²) in [5, 5.41) is 11.0. The standard InChI is InChI=1S/C12H14F3NO2S/c13-9-3-1-8(2-4-9)6-19-7-11(18)16-5-10(17)12(14)15/h1-4,10,12,17H,5-7H2,(H,16,18). The fourth-order valence-corrected chi connectivity index (χ4v) is 2.02. The predicted molar refractivity (Wildman–Crippen MR) is 67.6 cm³/mol. The van der Waals surface area contributed by atoms with E-state index in [1.54, 1.807) is 12.1 Å². The monoisotopic (exact) mass is 293 g/mol. The molecule has 0 aliphatic carbocycles. The van der Waals surface area contributed by atoms with Gasteiger partial charge in [0.05, 0.1) is 5.75 Å². The second-order valence-corrected chi connectivity index (χ2v) is 4.81. The Bertz CT molecular complexity index is 400. The van der Waals surface area contributed by atoms with Crippen LogP contribution in [0.2, 0.25) is 0 Å². The summed E-state index contributed by atoms with van der Waals surface area (Å²) in [5.74, 6) is -0.141. The molecule has 0 aromatic heterocycles. The average molecular weight is 293 g/mol. The number of rotatable bonds is 7. The first-order chi connectivity index (χ1) is 8.99. The number of thioether (sulfide) groups is 1. The molecule has 19 heavy (non-hydrogen) atoms. The molecule has 2 N–H and O–H groups in total. The molecule has 1 amide bonds. The molecule has 0 spiro atoms. The van der Waals surface area contributed by atoms with Crippen LogP contribution in [0.15, 0.2) is 24.3 Å². The average Bonchev–Trinajstić information content (AvgIpc) is 2.38. The van der Waals surface area contributed by atoms with Crippen molar-refractivity contribution in [2.45, 2.75) is 18.3 Å². The van der Waals surface area contributed by atoms with E-state index < -0.39 is 25.0 Å². The van der Waals surface area contributed by atoms with Gasteiger partial charge < -0.3 is 10.4 Å². The third-order valence-electron chi connectivity index (χ3n) is 2.21. The second kappa shape index (κ2) is 8.06. The lowest BCUT2D eigenvalue weighted by atomic mass is 10.2. The van der Waals surface area contributed by atoms with E-state index in [9.17, 15) is 18.0 Å². The van der Waals surface area contributed by atoms with Crippen LogP contribution in [0, 0.1) is 5.82 Å². The Morgan fingerprint density at radius 3 is 2.53 bits per heavy atom. The van der Waals surface area contributed by atoms with Gasteiger partial charge in [-0.25, -0.2) is 13.2 Å². The van der Waals surface area contributed by atoms with Crippen LogP contribution in [-0.4, -0.2) is 35.8 Å². The van der Waals surface area contributed by atoms with Crippen LogP contribution < -0.4 is 5.32 Å². The highest BCUT2D eigenvalue weighted by atomic mass is 32.2. The maximum atomic E-state index is 12.6. The maximum Gasteiger partial charge on any atom is 0.265 e. The Labute approximate surface area is 113 Å². The second-order valence-electron chi connectivity index (χ2n) is 3.83. The van der Waals surface area contributed by atoms with Crippen LogP contribution in [0.4, 0.5) is 13.2 Å². The van der Waals surface area contributed by atoms with E-state index in [2.05, 4.69) is 5.32 Å². The number of hydrogen-bond acceptors (Lipinski definition) is 3. The zero-order valence-electron chi connectivity index (χ0n) is 9.98. The first-order valence-corrected chi connectivity index (χ1v) is 6.69. The molecule has 1 rings (SSSR count). The Morgan fingerprint density at radius 1 is 1.32 bits per heavy atom. The van der Waals surface area contributed by atoms with Gasteiger partial charge >= 0.3 is 0 Å². The van der Waals surface area contributed by atoms with Gasteiger partial charge in [0, 0.05) is 12.3 Å². The van der Waals surface area contributed by atoms with E-state index in [4.69, 9.17) is 5.11 Å². The van der Waals surface area contributed by atoms with E-state index in [-0.39, 0.29) is 11.6 Å². The minimum Gasteiger partial charge on any atom is -0.385 e. The molecule has 0 aliphatic rings. The fourth-order valence-electron chi connectivity index (χ4n) is 1.20. The van der Waals surface area contributed by atoms with Gasteiger partial charge in [-0.1, -0.05) is 12.1 Å². The van der Waals surface area contributed by atoms with E-state index in [0.29, 0.717) is 5.75 Å². The first-order valence-electron chi connectivity index (χ1n) is 5.54. The molecule has 3 nitrogen and oxygen atoms in total. The fraction of sp³-hybridized carbons (Fsp3) is 0.417. The van der Waals surface area contributed by atoms with Gasteiger partial charge in [0.1, 0.15) is 11.9 Å². The topological polar surface area (TPSA) is 49.3 Å². The van der Waals surface area contributed by atoms with E-state index in [0.717, 1.165) is 5.56 Å². The van der Waals surface area contributed by atoms with Crippen LogP contribution in [0.25, 0.3) is 0 Å². The number of carbonyl (C=O) groups is 1. The summed E-state index contributed by atoms with van der Waals surface area (Å²) in [4.78, 5) is 11.3. The van der Waals surface area contributed by atoms with Crippen molar-refractivity contribution in [1.82, 2.24) is 5.32 Å². The third kappa shape index (κ3) is 6.49. The summed E-state index contributed by atoms with van der Waals surface area (Å²) in [7, 11) is 0. The lowest BCUT2D eigenvalue weighted by Gasteiger charge is -2.10. The number of hydrogen-bond donors (Lipinski definition) is 2. The number of carbonyl (C=O) groups excluding carboxylic acids is 1. The number of aliphatic hydroxyl groups excluding tert-OH is 1. The Kier molecular flexibility index (Phi) is 6.72. The summed E-state index contributed by atoms with van der Waals surface area (Å²) in [5.41, 5.74) is 0.867. The minimum absolute atomic E-state index is 0.0906. The Morgan fingerprint density at radius 2 is 1.95 bits per heavy atom. The summed E-state index contributed by atoms with van der Waals surface area (Å²) >= 11 is 1.28. The Hall–Kier alpha value is -1.21. The lowest BCUT2D eigenvalue weighted by molar-refractivity contribution is -0.119. The molecule has 1 aromatic carbocycles. The summed E-state index contributed by atoms with van der Waals surface area (Å²) in [6.07, 6.45) is -4.71. The van der Waals surface area contributed by atoms with Crippen molar-refractivity contribution >= 4 is 17.7 Å². The van der Waals surface area contributed by atoms with Crippen molar-refractivity contribution < 1.29 is 23.1 Å². The van der Waals surface area contributed by atoms with Crippen molar-refractivity contribution in [1.29, 1.82) is 0 Å². The number of halogens is 3. The van der Waals surface area contributed by atoms with Gasteiger partial charge in [-0.15, -0.1) is 11.8 Å². The molecule has 0 fully saturated rings. The zero-order chi connectivity index (χ0) is 14.3. The predicted octanol–water partition coefficient (Wildman–Crippen LogP) is 1.80. The van der Waals surface area contributed by atoms with Gasteiger partial charge in [0.2, 0.25) is 5.91 Å². The summed E-state index contributed by atoms with van der Waals surface area (Å²) in [6, 6.07) is 5.88. The van der Waals surface area contributed by atoms with Crippen molar-refractivity contribution in [3.63, 3.8) is 0 Å². The highest BCUT2D eigenvalue weighted by Crippen LogP contribution is 2.12. The molecular weight excluding hydrogens is 279 g/mol. The van der Waals surface area contributed by atoms with Crippen molar-refractivity contribution in [3.05, 3.63) is 35.6 Å². The highest BCUT2D eigenvalue weighted by molar-refractivity contribution is 7.99. The summed E-state index contributed by atoms with van der Waals surface area (Å²) in [6.45, 7) is -0.465. The van der Waals surface area contributed by atoms with Crippen LogP contribution in [-0.2, 0) is 10.5 Å². The van der Waals surface area contributed by atoms with Crippen LogP contribution in [0.5, 0.6) is 0 Å². The van der Waals surface area contributed by atoms with Crippen LogP contribution in [0.3, 0.4) is 0 Å². The summed E-state index contributed by atoms with van der Waals surface area (Å²) < 4.78 is 36.5. The zero-order valence-corrected chi connectivity index (χ0v) is 10.8. The molecule has 106 valence electrons. The van der Waals surface area contributed by atoms with Gasteiger partial charge in [-0.2, -0.15) is 0 Å². The highest BCUT2D eigenvalue weighted by Gasteiger charge is 2.17. The smallest absolute Gasteiger partial charge is 0.265 e. The van der Waals surface area contributed by atoms with Gasteiger partial charge in [0.15, 0.2) is 0 Å². The van der Waals surface area contributed by atoms with Gasteiger partial charge in [-0.05, 0) is 17.7 Å². The Balaban J connectivity index is 2.18. The largest absolute Gasteiger partial charge is 0.385 e. The minimum atomic E-state index is -2.87. The number of alkyl halides is 2. The number of aliphatic hydroxyl groups is 1. The molecular formula is C12H14F3NO2S. The van der Waals surface area contributed by atoms with Crippen LogP contribution in [0.1, 0.15) is 5.56 Å². The lowest BCUT2D eigenvalue weighted by Crippen LogP contribution is -2.36. The normalized spacial score (nSPS) is 12.5. The third-order valence-corrected chi connectivity index (χ3v) is 3.22. The SMILES string of the molecule is O=C(CSCc1ccc(F)cc1)NCC(O)C(F)F.